The van der Waals surface area contributed by atoms with E-state index in [1.807, 2.05) is 24.3 Å². The molecule has 1 aromatic carbocycles. The van der Waals surface area contributed by atoms with E-state index in [-0.39, 0.29) is 11.6 Å². The van der Waals surface area contributed by atoms with Gasteiger partial charge < -0.3 is 20.5 Å². The van der Waals surface area contributed by atoms with Gasteiger partial charge in [0.2, 0.25) is 0 Å². The van der Waals surface area contributed by atoms with Crippen LogP contribution in [-0.2, 0) is 0 Å². The molecule has 26 heavy (non-hydrogen) atoms. The Morgan fingerprint density at radius 3 is 2.85 bits per heavy atom. The average molecular weight is 394 g/mol. The van der Waals surface area contributed by atoms with E-state index in [4.69, 9.17) is 16.3 Å². The van der Waals surface area contributed by atoms with Crippen molar-refractivity contribution in [3.63, 3.8) is 0 Å². The number of nitrogens with zero attached hydrogens (tertiary/aromatic N) is 1. The molecule has 0 aliphatic carbocycles. The van der Waals surface area contributed by atoms with Crippen molar-refractivity contribution in [3.8, 4) is 5.75 Å². The zero-order valence-electron chi connectivity index (χ0n) is 15.1. The summed E-state index contributed by atoms with van der Waals surface area (Å²) in [5.74, 6) is 1.54. The first-order valence-corrected chi connectivity index (χ1v) is 9.76. The number of fused-ring (bicyclic) bond motifs is 1. The lowest BCUT2D eigenvalue weighted by Crippen LogP contribution is -2.46. The van der Waals surface area contributed by atoms with E-state index in [0.717, 1.165) is 22.6 Å². The van der Waals surface area contributed by atoms with Crippen molar-refractivity contribution >= 4 is 28.9 Å². The molecule has 3 N–H and O–H groups in total. The second-order valence-electron chi connectivity index (χ2n) is 6.91. The lowest BCUT2D eigenvalue weighted by atomic mass is 9.90. The van der Waals surface area contributed by atoms with Crippen LogP contribution in [0.3, 0.4) is 0 Å². The maximum absolute atomic E-state index is 10.3. The van der Waals surface area contributed by atoms with Crippen molar-refractivity contribution in [2.24, 2.45) is 4.99 Å². The number of guanidine groups is 1. The van der Waals surface area contributed by atoms with Crippen molar-refractivity contribution in [3.05, 3.63) is 51.2 Å². The number of aliphatic imine (C=N–C) groups is 1. The molecule has 0 fully saturated rings. The van der Waals surface area contributed by atoms with Crippen molar-refractivity contribution in [1.29, 1.82) is 0 Å². The fourth-order valence-electron chi connectivity index (χ4n) is 3.09. The fourth-order valence-corrected chi connectivity index (χ4v) is 4.14. The molecule has 2 unspecified atom stereocenters. The third-order valence-corrected chi connectivity index (χ3v) is 5.63. The molecule has 0 saturated heterocycles. The summed E-state index contributed by atoms with van der Waals surface area (Å²) in [5, 5.41) is 17.0. The number of halogens is 1. The Morgan fingerprint density at radius 2 is 2.15 bits per heavy atom. The zero-order valence-corrected chi connectivity index (χ0v) is 16.7. The quantitative estimate of drug-likeness (QED) is 0.544. The maximum atomic E-state index is 10.3. The minimum absolute atomic E-state index is 0.0782. The minimum Gasteiger partial charge on any atom is -0.487 e. The Morgan fingerprint density at radius 1 is 1.38 bits per heavy atom. The molecule has 0 amide bonds. The fraction of sp³-hybridized carbons (Fsp3) is 0.421. The molecule has 0 radical (unpaired) electrons. The molecule has 0 saturated carbocycles. The topological polar surface area (TPSA) is 65.9 Å². The third kappa shape index (κ3) is 4.50. The van der Waals surface area contributed by atoms with E-state index in [0.29, 0.717) is 16.8 Å². The zero-order chi connectivity index (χ0) is 18.7. The minimum atomic E-state index is -0.635. The highest BCUT2D eigenvalue weighted by Gasteiger charge is 2.34. The monoisotopic (exact) mass is 393 g/mol. The number of hydrogen-bond donors (Lipinski definition) is 3. The van der Waals surface area contributed by atoms with Gasteiger partial charge in [0.25, 0.3) is 0 Å². The standard InChI is InChI=1S/C19H24ClN3O2S/c1-19(2)10-13(12-6-4-5-7-15(12)25-19)23-18(21-3)22-11-14(24)16-8-9-17(20)26-16/h4-9,13-14,24H,10-11H2,1-3H3,(H2,21,22,23). The van der Waals surface area contributed by atoms with Gasteiger partial charge in [-0.1, -0.05) is 29.8 Å². The maximum Gasteiger partial charge on any atom is 0.191 e. The van der Waals surface area contributed by atoms with Crippen molar-refractivity contribution < 1.29 is 9.84 Å². The van der Waals surface area contributed by atoms with Gasteiger partial charge in [-0.05, 0) is 32.0 Å². The van der Waals surface area contributed by atoms with E-state index < -0.39 is 6.10 Å². The number of para-hydroxylation sites is 1. The molecule has 1 aliphatic rings. The van der Waals surface area contributed by atoms with E-state index in [1.165, 1.54) is 11.3 Å². The molecule has 7 heteroatoms. The van der Waals surface area contributed by atoms with Gasteiger partial charge in [0.05, 0.1) is 10.4 Å². The van der Waals surface area contributed by atoms with Crippen molar-refractivity contribution in [1.82, 2.24) is 10.6 Å². The summed E-state index contributed by atoms with van der Waals surface area (Å²) >= 11 is 7.32. The number of aliphatic hydroxyl groups excluding tert-OH is 1. The van der Waals surface area contributed by atoms with E-state index in [9.17, 15) is 5.11 Å². The van der Waals surface area contributed by atoms with Crippen LogP contribution >= 0.6 is 22.9 Å². The number of aliphatic hydroxyl groups is 1. The Bertz CT molecular complexity index is 791. The molecule has 1 aliphatic heterocycles. The lowest BCUT2D eigenvalue weighted by Gasteiger charge is -2.38. The Labute approximate surface area is 163 Å². The summed E-state index contributed by atoms with van der Waals surface area (Å²) < 4.78 is 6.74. The molecule has 3 rings (SSSR count). The Balaban J connectivity index is 1.66. The number of rotatable bonds is 4. The number of nitrogens with one attached hydrogen (secondary N) is 2. The third-order valence-electron chi connectivity index (χ3n) is 4.30. The van der Waals surface area contributed by atoms with Crippen molar-refractivity contribution in [2.45, 2.75) is 38.0 Å². The predicted molar refractivity (Wildman–Crippen MR) is 107 cm³/mol. The van der Waals surface area contributed by atoms with Crippen LogP contribution < -0.4 is 15.4 Å². The molecule has 140 valence electrons. The molecule has 1 aromatic heterocycles. The highest BCUT2D eigenvalue weighted by Crippen LogP contribution is 2.39. The molecular weight excluding hydrogens is 370 g/mol. The second-order valence-corrected chi connectivity index (χ2v) is 8.66. The number of benzene rings is 1. The van der Waals surface area contributed by atoms with Gasteiger partial charge in [-0.3, -0.25) is 4.99 Å². The van der Waals surface area contributed by atoms with Crippen LogP contribution in [0.5, 0.6) is 5.75 Å². The lowest BCUT2D eigenvalue weighted by molar-refractivity contribution is 0.0693. The second kappa shape index (κ2) is 7.86. The molecule has 5 nitrogen and oxygen atoms in total. The largest absolute Gasteiger partial charge is 0.487 e. The van der Waals surface area contributed by atoms with Gasteiger partial charge in [-0.2, -0.15) is 0 Å². The molecule has 0 bridgehead atoms. The normalized spacial score (nSPS) is 20.0. The van der Waals surface area contributed by atoms with Crippen LogP contribution in [0.25, 0.3) is 0 Å². The Kier molecular flexibility index (Phi) is 5.75. The average Bonchev–Trinajstić information content (AvgIpc) is 3.03. The highest BCUT2D eigenvalue weighted by molar-refractivity contribution is 7.16. The van der Waals surface area contributed by atoms with Gasteiger partial charge in [-0.15, -0.1) is 11.3 Å². The van der Waals surface area contributed by atoms with Gasteiger partial charge in [0.15, 0.2) is 5.96 Å². The molecule has 0 spiro atoms. The van der Waals surface area contributed by atoms with E-state index >= 15 is 0 Å². The summed E-state index contributed by atoms with van der Waals surface area (Å²) in [7, 11) is 1.72. The van der Waals surface area contributed by atoms with Gasteiger partial charge >= 0.3 is 0 Å². The van der Waals surface area contributed by atoms with Gasteiger partial charge in [0, 0.05) is 30.5 Å². The van der Waals surface area contributed by atoms with Crippen molar-refractivity contribution in [2.75, 3.05) is 13.6 Å². The number of hydrogen-bond acceptors (Lipinski definition) is 4. The van der Waals surface area contributed by atoms with Crippen LogP contribution in [0, 0.1) is 0 Å². The van der Waals surface area contributed by atoms with E-state index in [1.54, 1.807) is 13.1 Å². The summed E-state index contributed by atoms with van der Waals surface area (Å²) in [4.78, 5) is 5.12. The molecular formula is C19H24ClN3O2S. The van der Waals surface area contributed by atoms with Crippen LogP contribution in [0.2, 0.25) is 4.34 Å². The van der Waals surface area contributed by atoms with Crippen LogP contribution in [0.4, 0.5) is 0 Å². The summed E-state index contributed by atoms with van der Waals surface area (Å²) in [6, 6.07) is 11.8. The predicted octanol–water partition coefficient (Wildman–Crippen LogP) is 3.90. The first kappa shape index (κ1) is 19.0. The first-order valence-electron chi connectivity index (χ1n) is 8.56. The molecule has 2 atom stereocenters. The number of thiophene rings is 1. The summed E-state index contributed by atoms with van der Waals surface area (Å²) in [6.45, 7) is 4.51. The Hall–Kier alpha value is -1.76. The molecule has 2 heterocycles. The summed E-state index contributed by atoms with van der Waals surface area (Å²) in [6.07, 6.45) is 0.179. The van der Waals surface area contributed by atoms with Crippen LogP contribution in [-0.4, -0.2) is 30.3 Å². The first-order chi connectivity index (χ1) is 12.4. The van der Waals surface area contributed by atoms with Gasteiger partial charge in [-0.25, -0.2) is 0 Å². The number of ether oxygens (including phenoxy) is 1. The highest BCUT2D eigenvalue weighted by atomic mass is 35.5. The SMILES string of the molecule is CN=C(NCC(O)c1ccc(Cl)s1)NC1CC(C)(C)Oc2ccccc21. The van der Waals surface area contributed by atoms with E-state index in [2.05, 4.69) is 35.5 Å². The van der Waals surface area contributed by atoms with Crippen LogP contribution in [0.1, 0.15) is 42.9 Å². The van der Waals surface area contributed by atoms with Gasteiger partial charge in [0.1, 0.15) is 17.5 Å². The smallest absolute Gasteiger partial charge is 0.191 e. The van der Waals surface area contributed by atoms with Crippen LogP contribution in [0.15, 0.2) is 41.4 Å². The molecule has 2 aromatic rings. The summed E-state index contributed by atoms with van der Waals surface area (Å²) in [5.41, 5.74) is 0.846.